The van der Waals surface area contributed by atoms with Gasteiger partial charge in [-0.3, -0.25) is 9.47 Å². The van der Waals surface area contributed by atoms with Crippen LogP contribution in [-0.4, -0.2) is 51.6 Å². The zero-order valence-corrected chi connectivity index (χ0v) is 21.3. The highest BCUT2D eigenvalue weighted by Gasteiger charge is 2.33. The molecule has 0 radical (unpaired) electrons. The summed E-state index contributed by atoms with van der Waals surface area (Å²) in [4.78, 5) is 30.5. The van der Waals surface area contributed by atoms with Crippen LogP contribution in [-0.2, 0) is 11.2 Å². The van der Waals surface area contributed by atoms with Crippen molar-refractivity contribution in [3.05, 3.63) is 82.9 Å². The van der Waals surface area contributed by atoms with Gasteiger partial charge in [0.1, 0.15) is 23.5 Å². The predicted octanol–water partition coefficient (Wildman–Crippen LogP) is 5.45. The van der Waals surface area contributed by atoms with Gasteiger partial charge in [-0.25, -0.2) is 19.0 Å². The summed E-state index contributed by atoms with van der Waals surface area (Å²) in [5.74, 6) is -2.54. The number of carboxylic acid groups (broad SMARTS) is 1. The molecule has 1 aliphatic rings. The largest absolute Gasteiger partial charge is 0.478 e. The van der Waals surface area contributed by atoms with E-state index in [2.05, 4.69) is 9.72 Å². The number of aliphatic hydroxyl groups excluding tert-OH is 1. The van der Waals surface area contributed by atoms with Crippen LogP contribution in [0.3, 0.4) is 0 Å². The molecule has 0 fully saturated rings. The van der Waals surface area contributed by atoms with Crippen LogP contribution in [0.4, 0.5) is 23.7 Å². The number of aromatic nitrogens is 2. The third kappa shape index (κ3) is 4.70. The standard InChI is InChI=1S/C28H24F3N3O6/c1-14-6-8-18-20(33(14)28(38)39-2)9-10-21-23(18)32-25(34(21)17-5-3-4-15(12-17)26(36)37)24(35)19-13-16(29)7-11-22(19)40-27(30)31/h3-5,7,9-14,24,27,35H,6,8H2,1-2H3,(H,36,37)/t14-,24+/m0/s1. The molecule has 0 spiro atoms. The quantitative estimate of drug-likeness (QED) is 0.325. The summed E-state index contributed by atoms with van der Waals surface area (Å²) in [5.41, 5.74) is 2.02. The molecule has 1 amide bonds. The molecule has 2 heterocycles. The summed E-state index contributed by atoms with van der Waals surface area (Å²) >= 11 is 0. The van der Waals surface area contributed by atoms with E-state index in [0.29, 0.717) is 40.8 Å². The van der Waals surface area contributed by atoms with Gasteiger partial charge in [0.05, 0.1) is 29.4 Å². The van der Waals surface area contributed by atoms with Crippen LogP contribution in [0.5, 0.6) is 5.75 Å². The maximum atomic E-state index is 14.2. The number of aliphatic hydroxyl groups is 1. The lowest BCUT2D eigenvalue weighted by atomic mass is 9.96. The molecule has 2 N–H and O–H groups in total. The second kappa shape index (κ2) is 10.5. The lowest BCUT2D eigenvalue weighted by molar-refractivity contribution is -0.0514. The van der Waals surface area contributed by atoms with Gasteiger partial charge in [-0.05, 0) is 68.3 Å². The van der Waals surface area contributed by atoms with Gasteiger partial charge in [-0.2, -0.15) is 8.78 Å². The van der Waals surface area contributed by atoms with Crippen LogP contribution in [0.15, 0.2) is 54.6 Å². The third-order valence-electron chi connectivity index (χ3n) is 6.90. The van der Waals surface area contributed by atoms with E-state index >= 15 is 0 Å². The number of alkyl halides is 2. The van der Waals surface area contributed by atoms with Crippen LogP contribution >= 0.6 is 0 Å². The van der Waals surface area contributed by atoms with Crippen molar-refractivity contribution in [1.82, 2.24) is 9.55 Å². The molecule has 1 aliphatic heterocycles. The molecule has 4 aromatic rings. The fourth-order valence-corrected chi connectivity index (χ4v) is 5.08. The number of aromatic carboxylic acids is 1. The van der Waals surface area contributed by atoms with Crippen LogP contribution in [0.2, 0.25) is 0 Å². The number of carbonyl (C=O) groups is 2. The number of hydrogen-bond acceptors (Lipinski definition) is 6. The highest BCUT2D eigenvalue weighted by atomic mass is 19.3. The molecule has 0 saturated heterocycles. The topological polar surface area (TPSA) is 114 Å². The highest BCUT2D eigenvalue weighted by molar-refractivity contribution is 5.96. The van der Waals surface area contributed by atoms with Crippen LogP contribution < -0.4 is 9.64 Å². The molecule has 0 unspecified atom stereocenters. The minimum absolute atomic E-state index is 0.0454. The molecule has 3 aromatic carbocycles. The molecule has 5 rings (SSSR count). The number of carbonyl (C=O) groups excluding carboxylic acids is 1. The Morgan fingerprint density at radius 1 is 1.12 bits per heavy atom. The van der Waals surface area contributed by atoms with E-state index in [1.165, 1.54) is 34.8 Å². The van der Waals surface area contributed by atoms with E-state index in [1.54, 1.807) is 18.2 Å². The number of hydrogen-bond donors (Lipinski definition) is 2. The number of ether oxygens (including phenoxy) is 2. The zero-order chi connectivity index (χ0) is 28.7. The summed E-state index contributed by atoms with van der Waals surface area (Å²) in [6, 6.07) is 11.8. The lowest BCUT2D eigenvalue weighted by Crippen LogP contribution is -2.42. The molecule has 0 saturated carbocycles. The molecule has 12 heteroatoms. The first-order chi connectivity index (χ1) is 19.1. The molecule has 208 valence electrons. The number of anilines is 1. The number of fused-ring (bicyclic) bond motifs is 3. The maximum absolute atomic E-state index is 14.2. The minimum atomic E-state index is -3.24. The Morgan fingerprint density at radius 3 is 2.60 bits per heavy atom. The maximum Gasteiger partial charge on any atom is 0.414 e. The Bertz CT molecular complexity index is 1620. The van der Waals surface area contributed by atoms with Crippen molar-refractivity contribution in [2.45, 2.75) is 38.5 Å². The van der Waals surface area contributed by atoms with Crippen LogP contribution in [0.1, 0.15) is 46.8 Å². The summed E-state index contributed by atoms with van der Waals surface area (Å²) in [6.07, 6.45) is -1.23. The summed E-state index contributed by atoms with van der Waals surface area (Å²) in [5, 5.41) is 21.0. The van der Waals surface area contributed by atoms with Gasteiger partial charge in [0, 0.05) is 22.9 Å². The van der Waals surface area contributed by atoms with Crippen molar-refractivity contribution in [2.24, 2.45) is 0 Å². The molecule has 0 aliphatic carbocycles. The van der Waals surface area contributed by atoms with Crippen molar-refractivity contribution in [1.29, 1.82) is 0 Å². The number of amides is 1. The average molecular weight is 556 g/mol. The van der Waals surface area contributed by atoms with Gasteiger partial charge in [-0.15, -0.1) is 0 Å². The van der Waals surface area contributed by atoms with Gasteiger partial charge in [-0.1, -0.05) is 6.07 Å². The zero-order valence-electron chi connectivity index (χ0n) is 21.3. The Hall–Kier alpha value is -4.58. The van der Waals surface area contributed by atoms with Crippen LogP contribution in [0, 0.1) is 5.82 Å². The predicted molar refractivity (Wildman–Crippen MR) is 138 cm³/mol. The smallest absolute Gasteiger partial charge is 0.414 e. The van der Waals surface area contributed by atoms with Gasteiger partial charge in [0.15, 0.2) is 0 Å². The molecule has 0 bridgehead atoms. The Kier molecular flexibility index (Phi) is 7.11. The fraction of sp³-hybridized carbons (Fsp3) is 0.250. The van der Waals surface area contributed by atoms with Crippen molar-refractivity contribution in [3.8, 4) is 11.4 Å². The molecule has 2 atom stereocenters. The first kappa shape index (κ1) is 27.0. The molecule has 9 nitrogen and oxygen atoms in total. The number of methoxy groups -OCH3 is 1. The number of carboxylic acids is 1. The number of halogens is 3. The summed E-state index contributed by atoms with van der Waals surface area (Å²) in [6.45, 7) is -1.36. The summed E-state index contributed by atoms with van der Waals surface area (Å²) in [7, 11) is 1.28. The average Bonchev–Trinajstić information content (AvgIpc) is 3.33. The van der Waals surface area contributed by atoms with E-state index in [4.69, 9.17) is 4.74 Å². The van der Waals surface area contributed by atoms with Crippen molar-refractivity contribution < 1.29 is 42.4 Å². The van der Waals surface area contributed by atoms with E-state index in [0.717, 1.165) is 18.2 Å². The Morgan fingerprint density at radius 2 is 1.90 bits per heavy atom. The number of imidazole rings is 1. The first-order valence-electron chi connectivity index (χ1n) is 12.3. The second-order valence-corrected chi connectivity index (χ2v) is 9.28. The number of aryl methyl sites for hydroxylation is 1. The Labute approximate surface area is 226 Å². The van der Waals surface area contributed by atoms with E-state index < -0.39 is 36.3 Å². The highest BCUT2D eigenvalue weighted by Crippen LogP contribution is 2.40. The fourth-order valence-electron chi connectivity index (χ4n) is 5.08. The van der Waals surface area contributed by atoms with E-state index in [9.17, 15) is 33.0 Å². The van der Waals surface area contributed by atoms with Gasteiger partial charge < -0.3 is 19.7 Å². The number of nitrogens with zero attached hydrogens (tertiary/aromatic N) is 3. The number of benzene rings is 3. The van der Waals surface area contributed by atoms with Gasteiger partial charge >= 0.3 is 18.7 Å². The molecule has 40 heavy (non-hydrogen) atoms. The van der Waals surface area contributed by atoms with Crippen molar-refractivity contribution in [3.63, 3.8) is 0 Å². The molecular weight excluding hydrogens is 531 g/mol. The van der Waals surface area contributed by atoms with Crippen molar-refractivity contribution >= 4 is 28.8 Å². The minimum Gasteiger partial charge on any atom is -0.478 e. The molecular formula is C28H24F3N3O6. The normalized spacial score (nSPS) is 15.7. The summed E-state index contributed by atoms with van der Waals surface area (Å²) < 4.78 is 51.5. The SMILES string of the molecule is COC(=O)N1c2ccc3c(nc([C@H](O)c4cc(F)ccc4OC(F)F)n3-c3cccc(C(=O)O)c3)c2CC[C@@H]1C. The first-order valence-corrected chi connectivity index (χ1v) is 12.3. The van der Waals surface area contributed by atoms with Gasteiger partial charge in [0.2, 0.25) is 0 Å². The van der Waals surface area contributed by atoms with Crippen LogP contribution in [0.25, 0.3) is 16.7 Å². The number of rotatable bonds is 6. The van der Waals surface area contributed by atoms with Crippen molar-refractivity contribution in [2.75, 3.05) is 12.0 Å². The monoisotopic (exact) mass is 555 g/mol. The Balaban J connectivity index is 1.79. The van der Waals surface area contributed by atoms with Gasteiger partial charge in [0.25, 0.3) is 0 Å². The lowest BCUT2D eigenvalue weighted by Gasteiger charge is -2.34. The molecule has 1 aromatic heterocycles. The van der Waals surface area contributed by atoms with E-state index in [1.807, 2.05) is 6.92 Å². The second-order valence-electron chi connectivity index (χ2n) is 9.28. The van der Waals surface area contributed by atoms with E-state index in [-0.39, 0.29) is 23.0 Å². The third-order valence-corrected chi connectivity index (χ3v) is 6.90.